The number of anilines is 2. The lowest BCUT2D eigenvalue weighted by Crippen LogP contribution is -2.14. The Morgan fingerprint density at radius 1 is 1.08 bits per heavy atom. The molecule has 2 rings (SSSR count). The van der Waals surface area contributed by atoms with E-state index >= 15 is 0 Å². The van der Waals surface area contributed by atoms with Gasteiger partial charge in [-0.05, 0) is 55.5 Å². The fourth-order valence-corrected chi connectivity index (χ4v) is 1.99. The second kappa shape index (κ2) is 8.99. The third-order valence-electron chi connectivity index (χ3n) is 3.26. The second-order valence-corrected chi connectivity index (χ2v) is 4.95. The van der Waals surface area contributed by atoms with E-state index < -0.39 is 5.91 Å². The molecule has 25 heavy (non-hydrogen) atoms. The molecule has 0 unspecified atom stereocenters. The van der Waals surface area contributed by atoms with Crippen molar-refractivity contribution in [2.45, 2.75) is 6.92 Å². The van der Waals surface area contributed by atoms with Crippen LogP contribution in [0.5, 0.6) is 11.5 Å². The monoisotopic (exact) mass is 337 g/mol. The van der Waals surface area contributed by atoms with Gasteiger partial charge in [-0.1, -0.05) is 0 Å². The molecule has 6 nitrogen and oxygen atoms in total. The van der Waals surface area contributed by atoms with Crippen molar-refractivity contribution in [2.24, 2.45) is 0 Å². The lowest BCUT2D eigenvalue weighted by atomic mass is 10.2. The summed E-state index contributed by atoms with van der Waals surface area (Å²) in [4.78, 5) is 12.2. The standard InChI is InChI=1S/C19H19N3O3/c1-3-25-18-10-4-15(5-11-18)21-13-14(12-20)19(23)22-16-6-8-17(24-2)9-7-16/h4-11,13,21H,3H2,1-2H3,(H,22,23)/b14-13-. The van der Waals surface area contributed by atoms with Gasteiger partial charge in [0.2, 0.25) is 0 Å². The predicted octanol–water partition coefficient (Wildman–Crippen LogP) is 3.55. The van der Waals surface area contributed by atoms with Crippen LogP contribution < -0.4 is 20.1 Å². The number of benzene rings is 2. The lowest BCUT2D eigenvalue weighted by molar-refractivity contribution is -0.112. The Kier molecular flexibility index (Phi) is 6.43. The summed E-state index contributed by atoms with van der Waals surface area (Å²) in [6, 6.07) is 16.0. The fourth-order valence-electron chi connectivity index (χ4n) is 1.99. The number of hydrogen-bond acceptors (Lipinski definition) is 5. The summed E-state index contributed by atoms with van der Waals surface area (Å²) in [7, 11) is 1.57. The van der Waals surface area contributed by atoms with Gasteiger partial charge in [-0.3, -0.25) is 4.79 Å². The normalized spacial score (nSPS) is 10.5. The minimum absolute atomic E-state index is 0.0373. The SMILES string of the molecule is CCOc1ccc(N/C=C(/C#N)C(=O)Nc2ccc(OC)cc2)cc1. The van der Waals surface area contributed by atoms with E-state index in [0.29, 0.717) is 18.0 Å². The van der Waals surface area contributed by atoms with Crippen molar-refractivity contribution in [1.29, 1.82) is 5.26 Å². The summed E-state index contributed by atoms with van der Waals surface area (Å²) < 4.78 is 10.4. The van der Waals surface area contributed by atoms with Gasteiger partial charge in [0.1, 0.15) is 23.1 Å². The quantitative estimate of drug-likeness (QED) is 0.596. The van der Waals surface area contributed by atoms with Crippen LogP contribution in [-0.2, 0) is 4.79 Å². The molecular formula is C19H19N3O3. The van der Waals surface area contributed by atoms with Crippen LogP contribution in [0.25, 0.3) is 0 Å². The Hall–Kier alpha value is -3.46. The van der Waals surface area contributed by atoms with Gasteiger partial charge in [0.25, 0.3) is 5.91 Å². The zero-order chi connectivity index (χ0) is 18.1. The van der Waals surface area contributed by atoms with Crippen LogP contribution in [0.15, 0.2) is 60.3 Å². The van der Waals surface area contributed by atoms with Gasteiger partial charge in [0.15, 0.2) is 0 Å². The summed E-state index contributed by atoms with van der Waals surface area (Å²) >= 11 is 0. The fraction of sp³-hybridized carbons (Fsp3) is 0.158. The van der Waals surface area contributed by atoms with Crippen LogP contribution in [0, 0.1) is 11.3 Å². The van der Waals surface area contributed by atoms with Gasteiger partial charge < -0.3 is 20.1 Å². The number of hydrogen-bond donors (Lipinski definition) is 2. The molecule has 0 spiro atoms. The Bertz CT molecular complexity index is 775. The van der Waals surface area contributed by atoms with Gasteiger partial charge in [-0.2, -0.15) is 5.26 Å². The van der Waals surface area contributed by atoms with Crippen molar-refractivity contribution >= 4 is 17.3 Å². The number of nitriles is 1. The van der Waals surface area contributed by atoms with Gasteiger partial charge in [0, 0.05) is 17.6 Å². The van der Waals surface area contributed by atoms with E-state index in [2.05, 4.69) is 10.6 Å². The molecule has 0 saturated carbocycles. The van der Waals surface area contributed by atoms with Gasteiger partial charge in [-0.25, -0.2) is 0 Å². The molecule has 0 radical (unpaired) electrons. The van der Waals surface area contributed by atoms with Crippen molar-refractivity contribution in [1.82, 2.24) is 0 Å². The highest BCUT2D eigenvalue weighted by Gasteiger charge is 2.09. The average molecular weight is 337 g/mol. The molecule has 128 valence electrons. The number of amides is 1. The van der Waals surface area contributed by atoms with Crippen LogP contribution >= 0.6 is 0 Å². The summed E-state index contributed by atoms with van der Waals surface area (Å²) in [5.41, 5.74) is 1.28. The van der Waals surface area contributed by atoms with E-state index in [1.807, 2.05) is 25.1 Å². The van der Waals surface area contributed by atoms with Gasteiger partial charge in [-0.15, -0.1) is 0 Å². The van der Waals surface area contributed by atoms with Crippen molar-refractivity contribution in [3.8, 4) is 17.6 Å². The molecule has 2 aromatic rings. The zero-order valence-electron chi connectivity index (χ0n) is 14.1. The molecule has 0 aliphatic carbocycles. The molecule has 0 heterocycles. The zero-order valence-corrected chi connectivity index (χ0v) is 14.1. The van der Waals surface area contributed by atoms with Gasteiger partial charge >= 0.3 is 0 Å². The van der Waals surface area contributed by atoms with E-state index in [0.717, 1.165) is 11.4 Å². The van der Waals surface area contributed by atoms with E-state index in [4.69, 9.17) is 9.47 Å². The average Bonchev–Trinajstić information content (AvgIpc) is 2.64. The second-order valence-electron chi connectivity index (χ2n) is 4.95. The van der Waals surface area contributed by atoms with E-state index in [-0.39, 0.29) is 5.57 Å². The number of carbonyl (C=O) groups excluding carboxylic acids is 1. The summed E-state index contributed by atoms with van der Waals surface area (Å²) in [5, 5.41) is 14.8. The first-order valence-corrected chi connectivity index (χ1v) is 7.71. The minimum atomic E-state index is -0.494. The molecule has 0 fully saturated rings. The highest BCUT2D eigenvalue weighted by Crippen LogP contribution is 2.17. The van der Waals surface area contributed by atoms with Crippen molar-refractivity contribution < 1.29 is 14.3 Å². The van der Waals surface area contributed by atoms with Crippen molar-refractivity contribution in [2.75, 3.05) is 24.4 Å². The van der Waals surface area contributed by atoms with E-state index in [1.54, 1.807) is 43.5 Å². The van der Waals surface area contributed by atoms with Crippen LogP contribution in [0.3, 0.4) is 0 Å². The van der Waals surface area contributed by atoms with Crippen LogP contribution in [0.2, 0.25) is 0 Å². The smallest absolute Gasteiger partial charge is 0.267 e. The molecule has 0 aromatic heterocycles. The minimum Gasteiger partial charge on any atom is -0.497 e. The topological polar surface area (TPSA) is 83.4 Å². The predicted molar refractivity (Wildman–Crippen MR) is 96.6 cm³/mol. The molecule has 0 bridgehead atoms. The number of nitrogens with one attached hydrogen (secondary N) is 2. The van der Waals surface area contributed by atoms with Crippen molar-refractivity contribution in [3.05, 3.63) is 60.3 Å². The maximum absolute atomic E-state index is 12.2. The lowest BCUT2D eigenvalue weighted by Gasteiger charge is -2.07. The highest BCUT2D eigenvalue weighted by molar-refractivity contribution is 6.06. The van der Waals surface area contributed by atoms with Crippen LogP contribution in [0.4, 0.5) is 11.4 Å². The molecule has 0 aliphatic rings. The number of carbonyl (C=O) groups is 1. The summed E-state index contributed by atoms with van der Waals surface area (Å²) in [5.74, 6) is 0.951. The summed E-state index contributed by atoms with van der Waals surface area (Å²) in [6.45, 7) is 2.51. The number of methoxy groups -OCH3 is 1. The first-order chi connectivity index (χ1) is 12.2. The maximum Gasteiger partial charge on any atom is 0.267 e. The Morgan fingerprint density at radius 2 is 1.68 bits per heavy atom. The first-order valence-electron chi connectivity index (χ1n) is 7.71. The van der Waals surface area contributed by atoms with Crippen LogP contribution in [-0.4, -0.2) is 19.6 Å². The molecule has 2 aromatic carbocycles. The molecular weight excluding hydrogens is 318 g/mol. The molecule has 0 saturated heterocycles. The van der Waals surface area contributed by atoms with E-state index in [1.165, 1.54) is 6.20 Å². The van der Waals surface area contributed by atoms with Gasteiger partial charge in [0.05, 0.1) is 13.7 Å². The Morgan fingerprint density at radius 3 is 2.24 bits per heavy atom. The van der Waals surface area contributed by atoms with Crippen LogP contribution in [0.1, 0.15) is 6.92 Å². The molecule has 0 aliphatic heterocycles. The molecule has 2 N–H and O–H groups in total. The molecule has 1 amide bonds. The molecule has 0 atom stereocenters. The largest absolute Gasteiger partial charge is 0.497 e. The third-order valence-corrected chi connectivity index (χ3v) is 3.26. The highest BCUT2D eigenvalue weighted by atomic mass is 16.5. The number of rotatable bonds is 7. The van der Waals surface area contributed by atoms with E-state index in [9.17, 15) is 10.1 Å². The number of nitrogens with zero attached hydrogens (tertiary/aromatic N) is 1. The molecule has 6 heteroatoms. The van der Waals surface area contributed by atoms with Crippen molar-refractivity contribution in [3.63, 3.8) is 0 Å². The summed E-state index contributed by atoms with van der Waals surface area (Å²) in [6.07, 6.45) is 1.37. The maximum atomic E-state index is 12.2. The Labute approximate surface area is 146 Å². The Balaban J connectivity index is 2.00. The third kappa shape index (κ3) is 5.29. The number of ether oxygens (including phenoxy) is 2. The first kappa shape index (κ1) is 17.9.